The number of nitrogens with one attached hydrogen (secondary N) is 1. The van der Waals surface area contributed by atoms with Crippen molar-refractivity contribution in [1.82, 2.24) is 10.2 Å². The molecule has 0 fully saturated rings. The van der Waals surface area contributed by atoms with Crippen molar-refractivity contribution >= 4 is 39.7 Å². The van der Waals surface area contributed by atoms with Crippen molar-refractivity contribution in [3.05, 3.63) is 48.0 Å². The fourth-order valence-corrected chi connectivity index (χ4v) is 3.75. The Kier molecular flexibility index (Phi) is 5.59. The molecule has 1 aromatic heterocycles. The van der Waals surface area contributed by atoms with E-state index in [2.05, 4.69) is 15.5 Å². The number of carbonyl (C=O) groups is 1. The average Bonchev–Trinajstić information content (AvgIpc) is 3.10. The van der Waals surface area contributed by atoms with Crippen LogP contribution in [0.5, 0.6) is 17.2 Å². The Balaban J connectivity index is 1.61. The lowest BCUT2D eigenvalue weighted by molar-refractivity contribution is 0.102. The van der Waals surface area contributed by atoms with Gasteiger partial charge in [-0.2, -0.15) is 0 Å². The van der Waals surface area contributed by atoms with E-state index in [1.54, 1.807) is 7.11 Å². The van der Waals surface area contributed by atoms with Gasteiger partial charge in [0.1, 0.15) is 5.75 Å². The topological polar surface area (TPSA) is 105 Å². The summed E-state index contributed by atoms with van der Waals surface area (Å²) in [5, 5.41) is 30.6. The number of benzene rings is 2. The largest absolute Gasteiger partial charge is 0.504 e. The SMILES string of the molecule is COc1ccccc1Nc1nnc(SCC(=O)c2ccc(O)c(O)c2)s1. The predicted octanol–water partition coefficient (Wildman–Crippen LogP) is 3.68. The first kappa shape index (κ1) is 18.0. The summed E-state index contributed by atoms with van der Waals surface area (Å²) in [6.07, 6.45) is 0. The molecule has 3 rings (SSSR count). The number of thioether (sulfide) groups is 1. The Morgan fingerprint density at radius 2 is 2.00 bits per heavy atom. The van der Waals surface area contributed by atoms with Crippen molar-refractivity contribution in [2.45, 2.75) is 4.34 Å². The zero-order valence-electron chi connectivity index (χ0n) is 13.7. The summed E-state index contributed by atoms with van der Waals surface area (Å²) >= 11 is 2.58. The van der Waals surface area contributed by atoms with E-state index < -0.39 is 0 Å². The smallest absolute Gasteiger partial charge is 0.210 e. The molecule has 0 unspecified atom stereocenters. The number of aromatic nitrogens is 2. The number of aromatic hydroxyl groups is 2. The molecular weight excluding hydrogens is 374 g/mol. The van der Waals surface area contributed by atoms with Gasteiger partial charge >= 0.3 is 0 Å². The molecule has 1 heterocycles. The molecule has 0 saturated carbocycles. The lowest BCUT2D eigenvalue weighted by atomic mass is 10.1. The van der Waals surface area contributed by atoms with Gasteiger partial charge in [-0.15, -0.1) is 10.2 Å². The van der Waals surface area contributed by atoms with E-state index in [4.69, 9.17) is 4.74 Å². The summed E-state index contributed by atoms with van der Waals surface area (Å²) in [4.78, 5) is 12.2. The molecule has 0 spiro atoms. The van der Waals surface area contributed by atoms with Crippen molar-refractivity contribution in [1.29, 1.82) is 0 Å². The number of ether oxygens (including phenoxy) is 1. The van der Waals surface area contributed by atoms with E-state index >= 15 is 0 Å². The Bertz CT molecular complexity index is 930. The van der Waals surface area contributed by atoms with E-state index in [-0.39, 0.29) is 23.0 Å². The van der Waals surface area contributed by atoms with Gasteiger partial charge in [0.15, 0.2) is 21.6 Å². The van der Waals surface area contributed by atoms with E-state index in [1.165, 1.54) is 41.3 Å². The number of Topliss-reactive ketones (excluding diaryl/α,β-unsaturated/α-hetero) is 1. The van der Waals surface area contributed by atoms with Crippen molar-refractivity contribution in [3.8, 4) is 17.2 Å². The molecule has 134 valence electrons. The Hall–Kier alpha value is -2.78. The van der Waals surface area contributed by atoms with Crippen molar-refractivity contribution in [2.75, 3.05) is 18.2 Å². The molecule has 0 amide bonds. The van der Waals surface area contributed by atoms with Crippen LogP contribution in [-0.2, 0) is 0 Å². The predicted molar refractivity (Wildman–Crippen MR) is 101 cm³/mol. The van der Waals surface area contributed by atoms with E-state index in [0.717, 1.165) is 5.69 Å². The maximum Gasteiger partial charge on any atom is 0.210 e. The minimum absolute atomic E-state index is 0.146. The van der Waals surface area contributed by atoms with Gasteiger partial charge in [0.25, 0.3) is 0 Å². The number of phenolic OH excluding ortho intramolecular Hbond substituents is 2. The van der Waals surface area contributed by atoms with E-state index in [1.807, 2.05) is 24.3 Å². The lowest BCUT2D eigenvalue weighted by Crippen LogP contribution is -2.01. The molecule has 0 aliphatic carbocycles. The number of phenols is 2. The molecule has 0 atom stereocenters. The number of carbonyl (C=O) groups excluding carboxylic acids is 1. The Morgan fingerprint density at radius 1 is 1.19 bits per heavy atom. The fourth-order valence-electron chi connectivity index (χ4n) is 2.09. The molecule has 0 saturated heterocycles. The van der Waals surface area contributed by atoms with Crippen LogP contribution in [0.3, 0.4) is 0 Å². The normalized spacial score (nSPS) is 10.5. The number of hydrogen-bond donors (Lipinski definition) is 3. The fraction of sp³-hybridized carbons (Fsp3) is 0.118. The molecule has 26 heavy (non-hydrogen) atoms. The summed E-state index contributed by atoms with van der Waals surface area (Å²) in [6.45, 7) is 0. The summed E-state index contributed by atoms with van der Waals surface area (Å²) in [7, 11) is 1.59. The summed E-state index contributed by atoms with van der Waals surface area (Å²) in [6, 6.07) is 11.5. The quantitative estimate of drug-likeness (QED) is 0.319. The highest BCUT2D eigenvalue weighted by atomic mass is 32.2. The lowest BCUT2D eigenvalue weighted by Gasteiger charge is -2.07. The molecule has 3 aromatic rings. The second kappa shape index (κ2) is 8.07. The first-order valence-electron chi connectivity index (χ1n) is 7.48. The zero-order valence-corrected chi connectivity index (χ0v) is 15.3. The third kappa shape index (κ3) is 4.24. The van der Waals surface area contributed by atoms with Crippen LogP contribution in [0.2, 0.25) is 0 Å². The number of methoxy groups -OCH3 is 1. The van der Waals surface area contributed by atoms with Crippen LogP contribution in [0.1, 0.15) is 10.4 Å². The average molecular weight is 389 g/mol. The van der Waals surface area contributed by atoms with Gasteiger partial charge < -0.3 is 20.3 Å². The summed E-state index contributed by atoms with van der Waals surface area (Å²) in [5.41, 5.74) is 1.10. The second-order valence-corrected chi connectivity index (χ2v) is 7.31. The third-order valence-corrected chi connectivity index (χ3v) is 5.35. The van der Waals surface area contributed by atoms with Crippen LogP contribution in [0.25, 0.3) is 0 Å². The summed E-state index contributed by atoms with van der Waals surface area (Å²) < 4.78 is 5.91. The minimum atomic E-state index is -0.319. The molecule has 0 bridgehead atoms. The van der Waals surface area contributed by atoms with Gasteiger partial charge in [-0.3, -0.25) is 4.79 Å². The van der Waals surface area contributed by atoms with Gasteiger partial charge in [0.2, 0.25) is 5.13 Å². The minimum Gasteiger partial charge on any atom is -0.504 e. The molecule has 0 radical (unpaired) electrons. The molecule has 0 aliphatic rings. The third-order valence-electron chi connectivity index (χ3n) is 3.38. The van der Waals surface area contributed by atoms with Crippen molar-refractivity contribution in [3.63, 3.8) is 0 Å². The van der Waals surface area contributed by atoms with Crippen molar-refractivity contribution < 1.29 is 19.7 Å². The molecule has 3 N–H and O–H groups in total. The molecular formula is C17H15N3O4S2. The van der Waals surface area contributed by atoms with Gasteiger partial charge in [-0.05, 0) is 30.3 Å². The highest BCUT2D eigenvalue weighted by Gasteiger charge is 2.12. The molecule has 0 aliphatic heterocycles. The maximum absolute atomic E-state index is 12.2. The standard InChI is InChI=1S/C17H15N3O4S2/c1-24-15-5-3-2-4-11(15)18-16-19-20-17(26-16)25-9-14(23)10-6-7-12(21)13(22)8-10/h2-8,21-22H,9H2,1H3,(H,18,19). The van der Waals surface area contributed by atoms with Crippen LogP contribution in [0.15, 0.2) is 46.8 Å². The van der Waals surface area contributed by atoms with E-state index in [9.17, 15) is 15.0 Å². The summed E-state index contributed by atoms with van der Waals surface area (Å²) in [5.74, 6) is 0.0810. The van der Waals surface area contributed by atoms with Crippen LogP contribution in [0.4, 0.5) is 10.8 Å². The second-order valence-electron chi connectivity index (χ2n) is 5.11. The van der Waals surface area contributed by atoms with Crippen LogP contribution in [-0.4, -0.2) is 39.1 Å². The number of para-hydroxylation sites is 2. The maximum atomic E-state index is 12.2. The zero-order chi connectivity index (χ0) is 18.5. The highest BCUT2D eigenvalue weighted by Crippen LogP contribution is 2.32. The number of anilines is 2. The number of rotatable bonds is 7. The molecule has 9 heteroatoms. The van der Waals surface area contributed by atoms with E-state index in [0.29, 0.717) is 20.8 Å². The Morgan fingerprint density at radius 3 is 2.77 bits per heavy atom. The van der Waals surface area contributed by atoms with Crippen LogP contribution >= 0.6 is 23.1 Å². The van der Waals surface area contributed by atoms with Crippen LogP contribution < -0.4 is 10.1 Å². The first-order valence-corrected chi connectivity index (χ1v) is 9.28. The first-order chi connectivity index (χ1) is 12.6. The van der Waals surface area contributed by atoms with Gasteiger partial charge in [0.05, 0.1) is 18.6 Å². The van der Waals surface area contributed by atoms with Gasteiger partial charge in [-0.25, -0.2) is 0 Å². The van der Waals surface area contributed by atoms with Crippen molar-refractivity contribution in [2.24, 2.45) is 0 Å². The number of nitrogens with zero attached hydrogens (tertiary/aromatic N) is 2. The number of hydrogen-bond acceptors (Lipinski definition) is 9. The monoisotopic (exact) mass is 389 g/mol. The van der Waals surface area contributed by atoms with Gasteiger partial charge in [0, 0.05) is 5.56 Å². The van der Waals surface area contributed by atoms with Crippen LogP contribution in [0, 0.1) is 0 Å². The molecule has 7 nitrogen and oxygen atoms in total. The van der Waals surface area contributed by atoms with Gasteiger partial charge in [-0.1, -0.05) is 35.2 Å². The molecule has 2 aromatic carbocycles. The highest BCUT2D eigenvalue weighted by molar-refractivity contribution is 8.01. The Labute approximate surface area is 157 Å². The number of ketones is 1.